The molecule has 1 rings (SSSR count). The lowest BCUT2D eigenvalue weighted by molar-refractivity contribution is 0.413. The van der Waals surface area contributed by atoms with Gasteiger partial charge in [0.15, 0.2) is 0 Å². The standard InChI is InChI=1S/C6H9BrN2O2S/c1-9(12(10,11)5-7)6(4-8)2-3-6/h2-3,5H2,1H3. The summed E-state index contributed by atoms with van der Waals surface area (Å²) in [6, 6.07) is 2.02. The minimum Gasteiger partial charge on any atom is -0.211 e. The summed E-state index contributed by atoms with van der Waals surface area (Å²) in [7, 11) is -1.83. The molecule has 0 saturated heterocycles. The topological polar surface area (TPSA) is 61.2 Å². The summed E-state index contributed by atoms with van der Waals surface area (Å²) in [5, 5.41) is 8.71. The third-order valence-electron chi connectivity index (χ3n) is 2.09. The van der Waals surface area contributed by atoms with E-state index in [1.807, 2.05) is 6.07 Å². The second kappa shape index (κ2) is 2.98. The summed E-state index contributed by atoms with van der Waals surface area (Å²) in [5.74, 6) is 0. The lowest BCUT2D eigenvalue weighted by atomic mass is 10.3. The normalized spacial score (nSPS) is 20.5. The largest absolute Gasteiger partial charge is 0.225 e. The lowest BCUT2D eigenvalue weighted by Crippen LogP contribution is -2.38. The first-order valence-electron chi connectivity index (χ1n) is 3.42. The van der Waals surface area contributed by atoms with Gasteiger partial charge >= 0.3 is 0 Å². The van der Waals surface area contributed by atoms with Gasteiger partial charge in [0.25, 0.3) is 0 Å². The molecule has 0 spiro atoms. The van der Waals surface area contributed by atoms with E-state index in [0.717, 1.165) is 4.31 Å². The molecule has 1 fully saturated rings. The number of nitrogens with zero attached hydrogens (tertiary/aromatic N) is 2. The number of hydrogen-bond donors (Lipinski definition) is 0. The van der Waals surface area contributed by atoms with E-state index in [1.165, 1.54) is 7.05 Å². The Kier molecular flexibility index (Phi) is 2.47. The third-order valence-corrected chi connectivity index (χ3v) is 5.29. The van der Waals surface area contributed by atoms with Crippen LogP contribution in [0.5, 0.6) is 0 Å². The maximum atomic E-state index is 11.3. The SMILES string of the molecule is CN(C1(C#N)CC1)S(=O)(=O)CBr. The zero-order chi connectivity index (χ0) is 9.41. The molecular formula is C6H9BrN2O2S. The van der Waals surface area contributed by atoms with E-state index in [0.29, 0.717) is 12.8 Å². The van der Waals surface area contributed by atoms with Crippen molar-refractivity contribution in [3.63, 3.8) is 0 Å². The van der Waals surface area contributed by atoms with Gasteiger partial charge in [-0.05, 0) is 12.8 Å². The van der Waals surface area contributed by atoms with Crippen LogP contribution < -0.4 is 0 Å². The molecule has 0 heterocycles. The van der Waals surface area contributed by atoms with Crippen LogP contribution >= 0.6 is 15.9 Å². The van der Waals surface area contributed by atoms with Gasteiger partial charge in [-0.2, -0.15) is 9.57 Å². The number of halogens is 1. The zero-order valence-electron chi connectivity index (χ0n) is 6.62. The molecular weight excluding hydrogens is 244 g/mol. The van der Waals surface area contributed by atoms with Crippen molar-refractivity contribution in [1.82, 2.24) is 4.31 Å². The van der Waals surface area contributed by atoms with Crippen LogP contribution in [0.3, 0.4) is 0 Å². The molecule has 0 amide bonds. The predicted octanol–water partition coefficient (Wildman–Crippen LogP) is 0.657. The van der Waals surface area contributed by atoms with Gasteiger partial charge in [0.05, 0.1) is 6.07 Å². The van der Waals surface area contributed by atoms with Gasteiger partial charge in [0, 0.05) is 7.05 Å². The van der Waals surface area contributed by atoms with Crippen LogP contribution in [0.25, 0.3) is 0 Å². The molecule has 0 aromatic heterocycles. The minimum absolute atomic E-state index is 0.125. The van der Waals surface area contributed by atoms with Crippen molar-refractivity contribution in [2.45, 2.75) is 18.4 Å². The number of hydrogen-bond acceptors (Lipinski definition) is 3. The van der Waals surface area contributed by atoms with Crippen LogP contribution in [0.2, 0.25) is 0 Å². The number of sulfonamides is 1. The third kappa shape index (κ3) is 1.49. The average Bonchev–Trinajstić information content (AvgIpc) is 2.83. The molecule has 1 aliphatic rings. The van der Waals surface area contributed by atoms with Crippen LogP contribution in [-0.2, 0) is 10.0 Å². The highest BCUT2D eigenvalue weighted by Gasteiger charge is 2.51. The maximum absolute atomic E-state index is 11.3. The first kappa shape index (κ1) is 9.96. The second-order valence-electron chi connectivity index (χ2n) is 2.83. The van der Waals surface area contributed by atoms with Crippen molar-refractivity contribution in [3.05, 3.63) is 0 Å². The Labute approximate surface area is 80.3 Å². The second-order valence-corrected chi connectivity index (χ2v) is 6.14. The molecule has 1 saturated carbocycles. The summed E-state index contributed by atoms with van der Waals surface area (Å²) in [4.78, 5) is 0. The average molecular weight is 253 g/mol. The van der Waals surface area contributed by atoms with Crippen LogP contribution in [0, 0.1) is 11.3 Å². The Morgan fingerprint density at radius 3 is 2.42 bits per heavy atom. The Morgan fingerprint density at radius 1 is 1.67 bits per heavy atom. The molecule has 0 N–H and O–H groups in total. The Hall–Kier alpha value is -0.120. The van der Waals surface area contributed by atoms with Crippen molar-refractivity contribution in [2.24, 2.45) is 0 Å². The predicted molar refractivity (Wildman–Crippen MR) is 48.1 cm³/mol. The monoisotopic (exact) mass is 252 g/mol. The zero-order valence-corrected chi connectivity index (χ0v) is 9.02. The van der Waals surface area contributed by atoms with Gasteiger partial charge in [-0.15, -0.1) is 0 Å². The number of nitriles is 1. The summed E-state index contributed by atoms with van der Waals surface area (Å²) >= 11 is 2.88. The maximum Gasteiger partial charge on any atom is 0.225 e. The number of rotatable bonds is 3. The smallest absolute Gasteiger partial charge is 0.211 e. The number of alkyl halides is 1. The highest BCUT2D eigenvalue weighted by atomic mass is 79.9. The quantitative estimate of drug-likeness (QED) is 0.694. The van der Waals surface area contributed by atoms with Gasteiger partial charge in [0.1, 0.15) is 10.2 Å². The molecule has 12 heavy (non-hydrogen) atoms. The molecule has 4 nitrogen and oxygen atoms in total. The van der Waals surface area contributed by atoms with E-state index in [1.54, 1.807) is 0 Å². The molecule has 0 bridgehead atoms. The molecule has 1 aliphatic carbocycles. The van der Waals surface area contributed by atoms with Crippen molar-refractivity contribution in [1.29, 1.82) is 5.26 Å². The summed E-state index contributed by atoms with van der Waals surface area (Å²) in [6.07, 6.45) is 1.29. The highest BCUT2D eigenvalue weighted by Crippen LogP contribution is 2.41. The van der Waals surface area contributed by atoms with Gasteiger partial charge in [0.2, 0.25) is 10.0 Å². The lowest BCUT2D eigenvalue weighted by Gasteiger charge is -2.19. The van der Waals surface area contributed by atoms with Crippen molar-refractivity contribution in [2.75, 3.05) is 11.7 Å². The van der Waals surface area contributed by atoms with E-state index in [9.17, 15) is 8.42 Å². The fourth-order valence-corrected chi connectivity index (χ4v) is 2.78. The Morgan fingerprint density at radius 2 is 2.17 bits per heavy atom. The van der Waals surface area contributed by atoms with E-state index in [-0.39, 0.29) is 4.66 Å². The van der Waals surface area contributed by atoms with Crippen molar-refractivity contribution >= 4 is 26.0 Å². The molecule has 6 heteroatoms. The minimum atomic E-state index is -3.28. The van der Waals surface area contributed by atoms with E-state index in [4.69, 9.17) is 5.26 Å². The van der Waals surface area contributed by atoms with Crippen LogP contribution in [0.1, 0.15) is 12.8 Å². The summed E-state index contributed by atoms with van der Waals surface area (Å²) in [6.45, 7) is 0. The van der Waals surface area contributed by atoms with Gasteiger partial charge in [-0.3, -0.25) is 0 Å². The molecule has 0 radical (unpaired) electrons. The van der Waals surface area contributed by atoms with Crippen LogP contribution in [0.15, 0.2) is 0 Å². The first-order valence-corrected chi connectivity index (χ1v) is 6.15. The van der Waals surface area contributed by atoms with Crippen molar-refractivity contribution < 1.29 is 8.42 Å². The molecule has 0 atom stereocenters. The molecule has 0 aromatic rings. The van der Waals surface area contributed by atoms with Crippen molar-refractivity contribution in [3.8, 4) is 6.07 Å². The molecule has 0 aliphatic heterocycles. The highest BCUT2D eigenvalue weighted by molar-refractivity contribution is 9.10. The molecule has 68 valence electrons. The van der Waals surface area contributed by atoms with E-state index < -0.39 is 15.6 Å². The first-order chi connectivity index (χ1) is 5.48. The van der Waals surface area contributed by atoms with E-state index in [2.05, 4.69) is 15.9 Å². The summed E-state index contributed by atoms with van der Waals surface area (Å²) in [5.41, 5.74) is -0.743. The van der Waals surface area contributed by atoms with Crippen LogP contribution in [-0.4, -0.2) is 30.0 Å². The molecule has 0 unspecified atom stereocenters. The van der Waals surface area contributed by atoms with Gasteiger partial charge in [-0.1, -0.05) is 15.9 Å². The fraction of sp³-hybridized carbons (Fsp3) is 0.833. The molecule has 0 aromatic carbocycles. The fourth-order valence-electron chi connectivity index (χ4n) is 0.955. The Bertz CT molecular complexity index is 315. The summed E-state index contributed by atoms with van der Waals surface area (Å²) < 4.78 is 23.6. The van der Waals surface area contributed by atoms with Gasteiger partial charge < -0.3 is 0 Å². The van der Waals surface area contributed by atoms with E-state index >= 15 is 0 Å². The van der Waals surface area contributed by atoms with Gasteiger partial charge in [-0.25, -0.2) is 8.42 Å². The Balaban J connectivity index is 2.87. The van der Waals surface area contributed by atoms with Crippen LogP contribution in [0.4, 0.5) is 0 Å².